The van der Waals surface area contributed by atoms with E-state index in [1.807, 2.05) is 31.2 Å². The lowest BCUT2D eigenvalue weighted by Crippen LogP contribution is -2.34. The summed E-state index contributed by atoms with van der Waals surface area (Å²) in [6, 6.07) is 16.8. The Morgan fingerprint density at radius 1 is 1.03 bits per heavy atom. The van der Waals surface area contributed by atoms with Gasteiger partial charge in [-0.05, 0) is 87.1 Å². The summed E-state index contributed by atoms with van der Waals surface area (Å²) in [7, 11) is 0. The summed E-state index contributed by atoms with van der Waals surface area (Å²) in [4.78, 5) is 16.5. The highest BCUT2D eigenvalue weighted by molar-refractivity contribution is 7.80. The van der Waals surface area contributed by atoms with Gasteiger partial charge >= 0.3 is 0 Å². The third-order valence-corrected chi connectivity index (χ3v) is 6.63. The summed E-state index contributed by atoms with van der Waals surface area (Å²) in [5, 5.41) is 15.5. The van der Waals surface area contributed by atoms with Crippen molar-refractivity contribution in [1.82, 2.24) is 20.3 Å². The van der Waals surface area contributed by atoms with Crippen molar-refractivity contribution in [2.75, 3.05) is 23.3 Å². The maximum absolute atomic E-state index is 12.6. The Bertz CT molecular complexity index is 1400. The lowest BCUT2D eigenvalue weighted by Gasteiger charge is -2.20. The molecule has 1 amide bonds. The van der Waals surface area contributed by atoms with Gasteiger partial charge in [-0.25, -0.2) is 0 Å². The zero-order chi connectivity index (χ0) is 25.1. The molecule has 0 atom stereocenters. The van der Waals surface area contributed by atoms with Gasteiger partial charge in [0.2, 0.25) is 0 Å². The van der Waals surface area contributed by atoms with Gasteiger partial charge in [-0.1, -0.05) is 29.3 Å². The minimum atomic E-state index is -0.451. The third-order valence-electron chi connectivity index (χ3n) is 5.61. The number of fused-ring (bicyclic) bond motifs is 1. The van der Waals surface area contributed by atoms with E-state index >= 15 is 0 Å². The predicted octanol–water partition coefficient (Wildman–Crippen LogP) is 6.01. The summed E-state index contributed by atoms with van der Waals surface area (Å²) in [5.41, 5.74) is 5.32. The molecular formula is C25H24Cl2N6OS. The summed E-state index contributed by atoms with van der Waals surface area (Å²) < 4.78 is 0. The number of nitrogens with zero attached hydrogens (tertiary/aromatic N) is 4. The molecule has 0 radical (unpaired) electrons. The van der Waals surface area contributed by atoms with E-state index in [9.17, 15) is 4.79 Å². The monoisotopic (exact) mass is 526 g/mol. The predicted molar refractivity (Wildman–Crippen MR) is 147 cm³/mol. The molecule has 7 nitrogen and oxygen atoms in total. The molecule has 0 spiro atoms. The van der Waals surface area contributed by atoms with E-state index in [4.69, 9.17) is 35.4 Å². The number of benzene rings is 3. The number of hydrogen-bond acceptors (Lipinski definition) is 5. The highest BCUT2D eigenvalue weighted by atomic mass is 35.5. The molecule has 0 aliphatic carbocycles. The number of amides is 1. The molecule has 0 fully saturated rings. The molecule has 0 aliphatic heterocycles. The topological polar surface area (TPSA) is 75.1 Å². The average molecular weight is 527 g/mol. The standard InChI is InChI=1S/C25H24Cl2N6OS/c1-4-32(5-2)16-9-11-17(12-10-16)33-30-21-13-15(3)20(14-22(21)31-33)28-25(35)29-24(34)18-7-6-8-19(26)23(18)27/h6-14H,4-5H2,1-3H3,(H2,28,29,34,35). The van der Waals surface area contributed by atoms with Gasteiger partial charge in [-0.15, -0.1) is 10.2 Å². The Morgan fingerprint density at radius 3 is 2.34 bits per heavy atom. The summed E-state index contributed by atoms with van der Waals surface area (Å²) in [5.74, 6) is -0.451. The summed E-state index contributed by atoms with van der Waals surface area (Å²) in [6.45, 7) is 8.10. The fraction of sp³-hybridized carbons (Fsp3) is 0.200. The number of carbonyl (C=O) groups excluding carboxylic acids is 1. The van der Waals surface area contributed by atoms with Gasteiger partial charge in [0.05, 0.1) is 21.3 Å². The minimum Gasteiger partial charge on any atom is -0.372 e. The second-order valence-corrected chi connectivity index (χ2v) is 9.04. The molecule has 2 N–H and O–H groups in total. The quantitative estimate of drug-likeness (QED) is 0.299. The molecule has 0 unspecified atom stereocenters. The van der Waals surface area contributed by atoms with Gasteiger partial charge in [0.15, 0.2) is 5.11 Å². The highest BCUT2D eigenvalue weighted by Gasteiger charge is 2.15. The van der Waals surface area contributed by atoms with Crippen LogP contribution in [0, 0.1) is 6.92 Å². The number of carbonyl (C=O) groups is 1. The number of aromatic nitrogens is 3. The number of thiocarbonyl (C=S) groups is 1. The minimum absolute atomic E-state index is 0.132. The van der Waals surface area contributed by atoms with E-state index in [0.717, 1.165) is 35.5 Å². The van der Waals surface area contributed by atoms with Crippen molar-refractivity contribution >= 4 is 68.8 Å². The number of hydrogen-bond donors (Lipinski definition) is 2. The van der Waals surface area contributed by atoms with Crippen molar-refractivity contribution in [3.05, 3.63) is 75.8 Å². The number of rotatable bonds is 6. The molecule has 1 aromatic heterocycles. The van der Waals surface area contributed by atoms with Crippen molar-refractivity contribution < 1.29 is 4.79 Å². The normalized spacial score (nSPS) is 10.9. The number of anilines is 2. The lowest BCUT2D eigenvalue weighted by molar-refractivity contribution is 0.0978. The van der Waals surface area contributed by atoms with Gasteiger partial charge in [-0.3, -0.25) is 10.1 Å². The Morgan fingerprint density at radius 2 is 1.69 bits per heavy atom. The number of halogens is 2. The zero-order valence-corrected chi connectivity index (χ0v) is 21.8. The summed E-state index contributed by atoms with van der Waals surface area (Å²) in [6.07, 6.45) is 0. The van der Waals surface area contributed by atoms with Crippen LogP contribution in [0.2, 0.25) is 10.0 Å². The molecule has 35 heavy (non-hydrogen) atoms. The molecular weight excluding hydrogens is 503 g/mol. The fourth-order valence-electron chi connectivity index (χ4n) is 3.71. The fourth-order valence-corrected chi connectivity index (χ4v) is 4.30. The Balaban J connectivity index is 1.52. The van der Waals surface area contributed by atoms with Gasteiger partial charge in [0, 0.05) is 24.5 Å². The lowest BCUT2D eigenvalue weighted by atomic mass is 10.2. The highest BCUT2D eigenvalue weighted by Crippen LogP contribution is 2.26. The van der Waals surface area contributed by atoms with Crippen LogP contribution in [0.25, 0.3) is 16.7 Å². The first-order valence-electron chi connectivity index (χ1n) is 11.1. The molecule has 1 heterocycles. The van der Waals surface area contributed by atoms with E-state index in [1.165, 1.54) is 0 Å². The SMILES string of the molecule is CCN(CC)c1ccc(-n2nc3cc(C)c(NC(=S)NC(=O)c4cccc(Cl)c4Cl)cc3n2)cc1. The largest absolute Gasteiger partial charge is 0.372 e. The van der Waals surface area contributed by atoms with Crippen molar-refractivity contribution in [2.45, 2.75) is 20.8 Å². The van der Waals surface area contributed by atoms with Crippen LogP contribution in [-0.4, -0.2) is 39.1 Å². The molecule has 0 saturated carbocycles. The number of nitrogens with one attached hydrogen (secondary N) is 2. The maximum atomic E-state index is 12.6. The van der Waals surface area contributed by atoms with Crippen molar-refractivity contribution in [3.63, 3.8) is 0 Å². The smallest absolute Gasteiger partial charge is 0.258 e. The average Bonchev–Trinajstić information content (AvgIpc) is 3.24. The molecule has 180 valence electrons. The van der Waals surface area contributed by atoms with Crippen LogP contribution in [0.1, 0.15) is 29.8 Å². The van der Waals surface area contributed by atoms with E-state index in [0.29, 0.717) is 16.2 Å². The van der Waals surface area contributed by atoms with Gasteiger partial charge in [0.1, 0.15) is 11.0 Å². The molecule has 0 aliphatic rings. The van der Waals surface area contributed by atoms with Crippen LogP contribution in [-0.2, 0) is 0 Å². The molecule has 0 bridgehead atoms. The Kier molecular flexibility index (Phi) is 7.54. The zero-order valence-electron chi connectivity index (χ0n) is 19.5. The van der Waals surface area contributed by atoms with Gasteiger partial charge < -0.3 is 10.2 Å². The van der Waals surface area contributed by atoms with E-state index in [-0.39, 0.29) is 15.7 Å². The van der Waals surface area contributed by atoms with E-state index < -0.39 is 5.91 Å². The van der Waals surface area contributed by atoms with Gasteiger partial charge in [-0.2, -0.15) is 4.80 Å². The van der Waals surface area contributed by atoms with Crippen LogP contribution in [0.5, 0.6) is 0 Å². The number of aryl methyl sites for hydroxylation is 1. The molecule has 10 heteroatoms. The molecule has 0 saturated heterocycles. The van der Waals surface area contributed by atoms with Gasteiger partial charge in [0.25, 0.3) is 5.91 Å². The summed E-state index contributed by atoms with van der Waals surface area (Å²) >= 11 is 17.5. The second kappa shape index (κ2) is 10.6. The Labute approximate surface area is 219 Å². The van der Waals surface area contributed by atoms with Crippen LogP contribution in [0.3, 0.4) is 0 Å². The van der Waals surface area contributed by atoms with Crippen LogP contribution in [0.15, 0.2) is 54.6 Å². The van der Waals surface area contributed by atoms with Crippen molar-refractivity contribution in [1.29, 1.82) is 0 Å². The van der Waals surface area contributed by atoms with Crippen LogP contribution in [0.4, 0.5) is 11.4 Å². The third kappa shape index (κ3) is 5.40. The first-order valence-corrected chi connectivity index (χ1v) is 12.3. The molecule has 3 aromatic carbocycles. The van der Waals surface area contributed by atoms with Crippen LogP contribution >= 0.6 is 35.4 Å². The van der Waals surface area contributed by atoms with Crippen molar-refractivity contribution in [2.24, 2.45) is 0 Å². The first-order chi connectivity index (χ1) is 16.8. The second-order valence-electron chi connectivity index (χ2n) is 7.84. The van der Waals surface area contributed by atoms with Crippen LogP contribution < -0.4 is 15.5 Å². The van der Waals surface area contributed by atoms with E-state index in [1.54, 1.807) is 23.0 Å². The Hall–Kier alpha value is -3.20. The first kappa shape index (κ1) is 24.9. The molecule has 4 rings (SSSR count). The van der Waals surface area contributed by atoms with Crippen molar-refractivity contribution in [3.8, 4) is 5.69 Å². The van der Waals surface area contributed by atoms with E-state index in [2.05, 4.69) is 51.7 Å². The molecule has 4 aromatic rings. The maximum Gasteiger partial charge on any atom is 0.258 e.